The van der Waals surface area contributed by atoms with E-state index in [9.17, 15) is 18.0 Å². The van der Waals surface area contributed by atoms with Crippen LogP contribution >= 0.6 is 11.6 Å². The first-order valence-electron chi connectivity index (χ1n) is 9.89. The van der Waals surface area contributed by atoms with E-state index in [-0.39, 0.29) is 17.2 Å². The lowest BCUT2D eigenvalue weighted by Crippen LogP contribution is -2.31. The van der Waals surface area contributed by atoms with E-state index in [4.69, 9.17) is 16.3 Å². The van der Waals surface area contributed by atoms with Crippen molar-refractivity contribution in [2.75, 3.05) is 5.32 Å². The Morgan fingerprint density at radius 2 is 1.78 bits per heavy atom. The number of ether oxygens (including phenoxy) is 1. The molecule has 1 heterocycles. The largest absolute Gasteiger partial charge is 0.453 e. The highest BCUT2D eigenvalue weighted by molar-refractivity contribution is 7.96. The van der Waals surface area contributed by atoms with Crippen LogP contribution in [0.5, 0.6) is 0 Å². The van der Waals surface area contributed by atoms with Crippen LogP contribution in [0.2, 0.25) is 5.02 Å². The van der Waals surface area contributed by atoms with Crippen molar-refractivity contribution in [3.63, 3.8) is 0 Å². The number of hydrogen-bond donors (Lipinski definition) is 1. The van der Waals surface area contributed by atoms with Gasteiger partial charge in [-0.15, -0.1) is 0 Å². The van der Waals surface area contributed by atoms with Gasteiger partial charge in [0.1, 0.15) is 6.10 Å². The second-order valence-electron chi connectivity index (χ2n) is 7.65. The van der Waals surface area contributed by atoms with Crippen molar-refractivity contribution in [2.24, 2.45) is 0 Å². The predicted octanol–water partition coefficient (Wildman–Crippen LogP) is 4.44. The molecule has 1 unspecified atom stereocenters. The molecule has 2 aliphatic rings. The molecule has 1 aliphatic carbocycles. The molecule has 1 atom stereocenters. The molecule has 2 aromatic rings. The highest BCUT2D eigenvalue weighted by atomic mass is 35.5. The number of halogens is 1. The number of carbonyl (C=O) groups excluding carboxylic acids is 2. The minimum atomic E-state index is -4.11. The van der Waals surface area contributed by atoms with Gasteiger partial charge in [-0.2, -0.15) is 0 Å². The topological polar surface area (TPSA) is 89.5 Å². The van der Waals surface area contributed by atoms with Gasteiger partial charge in [-0.25, -0.2) is 13.2 Å². The molecule has 6 nitrogen and oxygen atoms in total. The van der Waals surface area contributed by atoms with Crippen LogP contribution in [0.4, 0.5) is 5.69 Å². The van der Waals surface area contributed by atoms with Gasteiger partial charge in [-0.1, -0.05) is 23.7 Å². The number of fused-ring (bicyclic) bond motifs is 1. The minimum absolute atomic E-state index is 0.0665. The van der Waals surface area contributed by atoms with Gasteiger partial charge in [0, 0.05) is 22.7 Å². The first-order valence-corrected chi connectivity index (χ1v) is 11.7. The number of sulfone groups is 1. The molecular formula is C24H20ClNO5S. The second-order valence-corrected chi connectivity index (χ2v) is 10.0. The molecule has 164 valence electrons. The SMILES string of the molecule is Cc1ccc(NC(=O)C2=CCC3OC(=O)C(S(=O)(=O)c4ccc(Cl)cc4)=CC3=C2)cc1C. The van der Waals surface area contributed by atoms with E-state index in [1.54, 1.807) is 12.2 Å². The molecule has 0 fully saturated rings. The number of carbonyl (C=O) groups is 2. The van der Waals surface area contributed by atoms with E-state index >= 15 is 0 Å². The molecule has 4 rings (SSSR count). The van der Waals surface area contributed by atoms with E-state index in [0.29, 0.717) is 21.9 Å². The van der Waals surface area contributed by atoms with E-state index in [2.05, 4.69) is 5.32 Å². The van der Waals surface area contributed by atoms with Gasteiger partial charge < -0.3 is 10.1 Å². The van der Waals surface area contributed by atoms with E-state index in [1.807, 2.05) is 32.0 Å². The molecule has 1 aliphatic heterocycles. The number of anilines is 1. The number of nitrogens with one attached hydrogen (secondary N) is 1. The lowest BCUT2D eigenvalue weighted by atomic mass is 9.94. The summed E-state index contributed by atoms with van der Waals surface area (Å²) in [6.07, 6.45) is 4.15. The highest BCUT2D eigenvalue weighted by Gasteiger charge is 2.36. The van der Waals surface area contributed by atoms with Crippen LogP contribution in [0.25, 0.3) is 0 Å². The van der Waals surface area contributed by atoms with Crippen LogP contribution in [0.15, 0.2) is 81.6 Å². The maximum absolute atomic E-state index is 13.0. The molecule has 0 saturated carbocycles. The van der Waals surface area contributed by atoms with Gasteiger partial charge in [0.15, 0.2) is 4.91 Å². The zero-order valence-electron chi connectivity index (χ0n) is 17.4. The number of hydrogen-bond acceptors (Lipinski definition) is 5. The zero-order chi connectivity index (χ0) is 23.0. The third-order valence-corrected chi connectivity index (χ3v) is 7.44. The Kier molecular flexibility index (Phi) is 5.79. The average molecular weight is 470 g/mol. The van der Waals surface area contributed by atoms with Gasteiger partial charge in [0.2, 0.25) is 9.84 Å². The molecule has 0 aromatic heterocycles. The maximum atomic E-state index is 13.0. The van der Waals surface area contributed by atoms with Gasteiger partial charge in [0.05, 0.1) is 4.90 Å². The van der Waals surface area contributed by atoms with Gasteiger partial charge in [-0.05, 0) is 79.1 Å². The summed E-state index contributed by atoms with van der Waals surface area (Å²) in [5.41, 5.74) is 3.65. The van der Waals surface area contributed by atoms with Gasteiger partial charge >= 0.3 is 5.97 Å². The lowest BCUT2D eigenvalue weighted by molar-refractivity contribution is -0.142. The Labute approximate surface area is 191 Å². The molecular weight excluding hydrogens is 450 g/mol. The quantitative estimate of drug-likeness (QED) is 0.669. The summed E-state index contributed by atoms with van der Waals surface area (Å²) in [4.78, 5) is 24.6. The van der Waals surface area contributed by atoms with Crippen molar-refractivity contribution >= 4 is 39.0 Å². The number of rotatable bonds is 4. The van der Waals surface area contributed by atoms with Crippen LogP contribution in [0.1, 0.15) is 17.5 Å². The number of esters is 1. The van der Waals surface area contributed by atoms with E-state index < -0.39 is 26.8 Å². The molecule has 0 radical (unpaired) electrons. The minimum Gasteiger partial charge on any atom is -0.453 e. The van der Waals surface area contributed by atoms with Crippen LogP contribution in [-0.2, 0) is 24.2 Å². The van der Waals surface area contributed by atoms with E-state index in [0.717, 1.165) is 11.1 Å². The highest BCUT2D eigenvalue weighted by Crippen LogP contribution is 2.32. The first kappa shape index (κ1) is 22.0. The first-order chi connectivity index (χ1) is 15.1. The standard InChI is InChI=1S/C24H20ClNO5S/c1-14-3-7-19(11-15(14)2)26-23(27)16-4-10-21-17(12-16)13-22(24(28)31-21)32(29,30)20-8-5-18(25)6-9-20/h3-9,11-13,21H,10H2,1-2H3,(H,26,27). The summed E-state index contributed by atoms with van der Waals surface area (Å²) in [5.74, 6) is -1.25. The lowest BCUT2D eigenvalue weighted by Gasteiger charge is -2.27. The van der Waals surface area contributed by atoms with Crippen molar-refractivity contribution in [2.45, 2.75) is 31.3 Å². The fourth-order valence-corrected chi connectivity index (χ4v) is 4.89. The molecule has 0 spiro atoms. The third kappa shape index (κ3) is 4.26. The maximum Gasteiger partial charge on any atom is 0.350 e. The number of amides is 1. The van der Waals surface area contributed by atoms with Crippen LogP contribution in [0, 0.1) is 13.8 Å². The van der Waals surface area contributed by atoms with Gasteiger partial charge in [-0.3, -0.25) is 4.79 Å². The molecule has 1 N–H and O–H groups in total. The Balaban J connectivity index is 1.62. The zero-order valence-corrected chi connectivity index (χ0v) is 19.0. The summed E-state index contributed by atoms with van der Waals surface area (Å²) < 4.78 is 31.3. The van der Waals surface area contributed by atoms with Crippen molar-refractivity contribution in [1.29, 1.82) is 0 Å². The number of aryl methyl sites for hydroxylation is 2. The van der Waals surface area contributed by atoms with E-state index in [1.165, 1.54) is 30.3 Å². The normalized spacial score (nSPS) is 18.0. The summed E-state index contributed by atoms with van der Waals surface area (Å²) >= 11 is 5.83. The Hall–Kier alpha value is -3.16. The molecule has 8 heteroatoms. The van der Waals surface area contributed by atoms with Crippen LogP contribution < -0.4 is 5.32 Å². The Bertz CT molecular complexity index is 1320. The van der Waals surface area contributed by atoms with Crippen molar-refractivity contribution < 1.29 is 22.7 Å². The Morgan fingerprint density at radius 1 is 1.06 bits per heavy atom. The number of benzene rings is 2. The predicted molar refractivity (Wildman–Crippen MR) is 122 cm³/mol. The van der Waals surface area contributed by atoms with Crippen molar-refractivity contribution in [3.8, 4) is 0 Å². The molecule has 32 heavy (non-hydrogen) atoms. The molecule has 0 saturated heterocycles. The second kappa shape index (κ2) is 8.41. The fourth-order valence-electron chi connectivity index (χ4n) is 3.46. The molecule has 2 aromatic carbocycles. The smallest absolute Gasteiger partial charge is 0.350 e. The van der Waals surface area contributed by atoms with Crippen molar-refractivity contribution in [1.82, 2.24) is 0 Å². The van der Waals surface area contributed by atoms with Gasteiger partial charge in [0.25, 0.3) is 5.91 Å². The fraction of sp³-hybridized carbons (Fsp3) is 0.167. The third-order valence-electron chi connectivity index (χ3n) is 5.43. The Morgan fingerprint density at radius 3 is 2.47 bits per heavy atom. The monoisotopic (exact) mass is 469 g/mol. The summed E-state index contributed by atoms with van der Waals surface area (Å²) in [6, 6.07) is 11.1. The van der Waals surface area contributed by atoms with Crippen LogP contribution in [0.3, 0.4) is 0 Å². The summed E-state index contributed by atoms with van der Waals surface area (Å²) in [5, 5.41) is 3.22. The molecule has 0 bridgehead atoms. The summed E-state index contributed by atoms with van der Waals surface area (Å²) in [6.45, 7) is 3.95. The van der Waals surface area contributed by atoms with Crippen LogP contribution in [-0.4, -0.2) is 26.4 Å². The summed E-state index contributed by atoms with van der Waals surface area (Å²) in [7, 11) is -4.11. The van der Waals surface area contributed by atoms with Crippen molar-refractivity contribution in [3.05, 3.63) is 92.9 Å². The average Bonchev–Trinajstić information content (AvgIpc) is 2.75. The molecule has 1 amide bonds.